The quantitative estimate of drug-likeness (QED) is 0.163. The molecule has 3 heterocycles. The SMILES string of the molecule is C/C=C/C=C\C(=C\c1nc2nc(c1C)OC[C@@H](CC(C)(C)C)N(Cc1cnc(N(C)CC(C)(C)C)cn1)C(=O)c1cccc(c1)S(=O)(=O)N2)OC(C)C. The fourth-order valence-electron chi connectivity index (χ4n) is 5.87. The largest absolute Gasteiger partial charge is 0.491 e. The van der Waals surface area contributed by atoms with Crippen molar-refractivity contribution in [1.29, 1.82) is 0 Å². The molecule has 1 aliphatic rings. The smallest absolute Gasteiger partial charge is 0.264 e. The number of amides is 1. The number of hydrogen-bond acceptors (Lipinski definition) is 10. The van der Waals surface area contributed by atoms with Gasteiger partial charge in [-0.2, -0.15) is 4.98 Å². The molecular formula is C40H55N7O5S. The molecule has 0 radical (unpaired) electrons. The molecule has 4 rings (SSSR count). The molecule has 286 valence electrons. The van der Waals surface area contributed by atoms with E-state index in [1.165, 1.54) is 12.1 Å². The van der Waals surface area contributed by atoms with Gasteiger partial charge in [0.15, 0.2) is 0 Å². The van der Waals surface area contributed by atoms with E-state index in [0.29, 0.717) is 29.1 Å². The Balaban J connectivity index is 1.86. The van der Waals surface area contributed by atoms with Crippen molar-refractivity contribution in [3.63, 3.8) is 0 Å². The first kappa shape index (κ1) is 41.0. The van der Waals surface area contributed by atoms with Crippen LogP contribution in [0.1, 0.15) is 96.0 Å². The van der Waals surface area contributed by atoms with E-state index in [1.807, 2.05) is 46.0 Å². The Morgan fingerprint density at radius 1 is 1.09 bits per heavy atom. The summed E-state index contributed by atoms with van der Waals surface area (Å²) in [7, 11) is -2.25. The number of anilines is 2. The Morgan fingerprint density at radius 3 is 2.45 bits per heavy atom. The zero-order valence-electron chi connectivity index (χ0n) is 33.0. The summed E-state index contributed by atoms with van der Waals surface area (Å²) in [6.45, 7) is 21.3. The Hall–Kier alpha value is -4.78. The maximum Gasteiger partial charge on any atom is 0.264 e. The van der Waals surface area contributed by atoms with Crippen molar-refractivity contribution in [3.8, 4) is 5.88 Å². The molecule has 1 aromatic carbocycles. The average Bonchev–Trinajstić information content (AvgIpc) is 3.05. The van der Waals surface area contributed by atoms with Gasteiger partial charge in [-0.15, -0.1) is 0 Å². The van der Waals surface area contributed by atoms with Crippen LogP contribution < -0.4 is 14.4 Å². The normalized spacial score (nSPS) is 16.9. The van der Waals surface area contributed by atoms with E-state index >= 15 is 0 Å². The first-order chi connectivity index (χ1) is 24.7. The number of rotatable bonds is 10. The molecule has 2 aromatic heterocycles. The fraction of sp³-hybridized carbons (Fsp3) is 0.475. The number of benzene rings is 1. The van der Waals surface area contributed by atoms with Crippen molar-refractivity contribution in [2.75, 3.05) is 29.8 Å². The maximum absolute atomic E-state index is 14.5. The van der Waals surface area contributed by atoms with Gasteiger partial charge >= 0.3 is 0 Å². The highest BCUT2D eigenvalue weighted by Gasteiger charge is 2.32. The highest BCUT2D eigenvalue weighted by Crippen LogP contribution is 2.30. The van der Waals surface area contributed by atoms with Gasteiger partial charge in [-0.3, -0.25) is 9.78 Å². The Kier molecular flexibility index (Phi) is 13.1. The molecule has 53 heavy (non-hydrogen) atoms. The summed E-state index contributed by atoms with van der Waals surface area (Å²) in [5, 5.41) is 0. The molecule has 1 aliphatic heterocycles. The number of hydrogen-bond donors (Lipinski definition) is 1. The molecule has 0 fully saturated rings. The molecule has 13 heteroatoms. The standard InChI is InChI=1S/C40H55N7O5S/c1-12-13-14-17-32(52-27(2)3)20-34-28(4)36-44-38(43-34)45-53(49,50)33-18-15-16-29(19-33)37(48)47(31(25-51-36)21-39(5,6)7)24-30-22-42-35(23-41-30)46(11)26-40(8,9)10/h12-20,22-23,27,31H,21,24-26H2,1-11H3,(H,43,44,45)/b13-12+,17-14-,32-20-/t31-/m1/s1. The molecule has 0 saturated heterocycles. The molecule has 0 aliphatic carbocycles. The first-order valence-electron chi connectivity index (χ1n) is 17.9. The van der Waals surface area contributed by atoms with Crippen LogP contribution in [-0.4, -0.2) is 71.5 Å². The van der Waals surface area contributed by atoms with Crippen molar-refractivity contribution in [1.82, 2.24) is 24.8 Å². The van der Waals surface area contributed by atoms with Crippen molar-refractivity contribution < 1.29 is 22.7 Å². The summed E-state index contributed by atoms with van der Waals surface area (Å²) >= 11 is 0. The molecule has 0 spiro atoms. The zero-order valence-corrected chi connectivity index (χ0v) is 33.8. The minimum Gasteiger partial charge on any atom is -0.491 e. The van der Waals surface area contributed by atoms with Gasteiger partial charge in [-0.25, -0.2) is 23.1 Å². The Morgan fingerprint density at radius 2 is 1.83 bits per heavy atom. The molecular weight excluding hydrogens is 691 g/mol. The van der Waals surface area contributed by atoms with Crippen LogP contribution in [0, 0.1) is 17.8 Å². The Labute approximate surface area is 315 Å². The van der Waals surface area contributed by atoms with Gasteiger partial charge in [0.05, 0.1) is 47.4 Å². The number of nitrogens with zero attached hydrogens (tertiary/aromatic N) is 6. The molecule has 3 aromatic rings. The van der Waals surface area contributed by atoms with Crippen LogP contribution in [0.2, 0.25) is 0 Å². The van der Waals surface area contributed by atoms with E-state index in [0.717, 1.165) is 12.4 Å². The Bertz CT molecular complexity index is 1940. The first-order valence-corrected chi connectivity index (χ1v) is 19.4. The van der Waals surface area contributed by atoms with Crippen LogP contribution in [0.5, 0.6) is 5.88 Å². The summed E-state index contributed by atoms with van der Waals surface area (Å²) < 4.78 is 42.6. The lowest BCUT2D eigenvalue weighted by atomic mass is 9.87. The minimum absolute atomic E-state index is 0.0603. The van der Waals surface area contributed by atoms with E-state index in [1.54, 1.807) is 48.5 Å². The second kappa shape index (κ2) is 16.9. The summed E-state index contributed by atoms with van der Waals surface area (Å²) in [4.78, 5) is 36.7. The number of aromatic nitrogens is 4. The molecule has 1 N–H and O–H groups in total. The predicted molar refractivity (Wildman–Crippen MR) is 210 cm³/mol. The lowest BCUT2D eigenvalue weighted by Crippen LogP contribution is -2.45. The molecule has 0 unspecified atom stereocenters. The maximum atomic E-state index is 14.5. The minimum atomic E-state index is -4.22. The summed E-state index contributed by atoms with van der Waals surface area (Å²) in [5.74, 6) is 0.874. The van der Waals surface area contributed by atoms with Crippen LogP contribution in [0.25, 0.3) is 6.08 Å². The summed E-state index contributed by atoms with van der Waals surface area (Å²) in [6, 6.07) is 5.50. The lowest BCUT2D eigenvalue weighted by molar-refractivity contribution is 0.0508. The van der Waals surface area contributed by atoms with Gasteiger partial charge in [-0.1, -0.05) is 65.8 Å². The lowest BCUT2D eigenvalue weighted by Gasteiger charge is -2.35. The topological polar surface area (TPSA) is 140 Å². The van der Waals surface area contributed by atoms with Crippen LogP contribution in [-0.2, 0) is 21.3 Å². The summed E-state index contributed by atoms with van der Waals surface area (Å²) in [5.41, 5.74) is 1.60. The van der Waals surface area contributed by atoms with Gasteiger partial charge in [0.25, 0.3) is 15.9 Å². The van der Waals surface area contributed by atoms with Crippen molar-refractivity contribution in [2.24, 2.45) is 10.8 Å². The monoisotopic (exact) mass is 745 g/mol. The number of carbonyl (C=O) groups excluding carboxylic acids is 1. The van der Waals surface area contributed by atoms with E-state index in [-0.39, 0.29) is 58.3 Å². The summed E-state index contributed by atoms with van der Waals surface area (Å²) in [6.07, 6.45) is 13.0. The number of allylic oxidation sites excluding steroid dienone is 4. The van der Waals surface area contributed by atoms with Gasteiger partial charge in [0, 0.05) is 30.8 Å². The van der Waals surface area contributed by atoms with Gasteiger partial charge < -0.3 is 19.3 Å². The number of ether oxygens (including phenoxy) is 2. The second-order valence-electron chi connectivity index (χ2n) is 16.0. The number of fused-ring (bicyclic) bond motifs is 4. The van der Waals surface area contributed by atoms with E-state index in [4.69, 9.17) is 14.5 Å². The van der Waals surface area contributed by atoms with E-state index < -0.39 is 16.1 Å². The number of carbonyl (C=O) groups is 1. The molecule has 4 bridgehead atoms. The predicted octanol–water partition coefficient (Wildman–Crippen LogP) is 7.60. The van der Waals surface area contributed by atoms with E-state index in [9.17, 15) is 13.2 Å². The van der Waals surface area contributed by atoms with Gasteiger partial charge in [-0.05, 0) is 69.2 Å². The highest BCUT2D eigenvalue weighted by atomic mass is 32.2. The average molecular weight is 746 g/mol. The highest BCUT2D eigenvalue weighted by molar-refractivity contribution is 7.92. The van der Waals surface area contributed by atoms with Gasteiger partial charge in [0.2, 0.25) is 11.8 Å². The van der Waals surface area contributed by atoms with Crippen molar-refractivity contribution in [2.45, 2.75) is 99.2 Å². The van der Waals surface area contributed by atoms with Crippen LogP contribution in [0.4, 0.5) is 11.8 Å². The third kappa shape index (κ3) is 11.9. The molecule has 12 nitrogen and oxygen atoms in total. The van der Waals surface area contributed by atoms with Crippen molar-refractivity contribution in [3.05, 3.63) is 89.2 Å². The van der Waals surface area contributed by atoms with Gasteiger partial charge in [0.1, 0.15) is 18.2 Å². The van der Waals surface area contributed by atoms with Crippen LogP contribution in [0.15, 0.2) is 71.6 Å². The second-order valence-corrected chi connectivity index (χ2v) is 17.7. The number of sulfonamides is 1. The number of nitrogens with one attached hydrogen (secondary N) is 1. The van der Waals surface area contributed by atoms with Crippen molar-refractivity contribution >= 4 is 33.8 Å². The molecule has 0 saturated carbocycles. The third-order valence-corrected chi connectivity index (χ3v) is 9.39. The van der Waals surface area contributed by atoms with Crippen LogP contribution in [0.3, 0.4) is 0 Å². The van der Waals surface area contributed by atoms with E-state index in [2.05, 4.69) is 66.1 Å². The third-order valence-electron chi connectivity index (χ3n) is 8.06. The van der Waals surface area contributed by atoms with Crippen LogP contribution >= 0.6 is 0 Å². The molecule has 1 atom stereocenters. The fourth-order valence-corrected chi connectivity index (χ4v) is 6.86. The zero-order chi connectivity index (χ0) is 39.1. The molecule has 1 amide bonds.